The van der Waals surface area contributed by atoms with Crippen LogP contribution in [-0.4, -0.2) is 15.5 Å². The predicted octanol–water partition coefficient (Wildman–Crippen LogP) is 7.50. The molecule has 0 fully saturated rings. The zero-order valence-electron chi connectivity index (χ0n) is 17.0. The van der Waals surface area contributed by atoms with E-state index in [0.29, 0.717) is 11.3 Å². The summed E-state index contributed by atoms with van der Waals surface area (Å²) in [7, 11) is 0. The van der Waals surface area contributed by atoms with Crippen LogP contribution in [0, 0.1) is 0 Å². The fraction of sp³-hybridized carbons (Fsp3) is 0.120. The number of hydrogen-bond acceptors (Lipinski definition) is 3. The standard InChI is InChI=1S/C25H20Br2N2O2/c1-16(2)29-22-6-4-3-5-21(22)28-24(29)15-23(17-7-11-19(26)12-8-17)31-25(30)18-9-13-20(27)14-10-18/h3-16H,1-2H3/b23-15-. The first kappa shape index (κ1) is 21.5. The lowest BCUT2D eigenvalue weighted by molar-refractivity contribution is 0.0693. The van der Waals surface area contributed by atoms with Gasteiger partial charge in [-0.05, 0) is 62.4 Å². The van der Waals surface area contributed by atoms with E-state index in [1.807, 2.05) is 66.7 Å². The highest BCUT2D eigenvalue weighted by Crippen LogP contribution is 2.27. The zero-order chi connectivity index (χ0) is 22.0. The monoisotopic (exact) mass is 538 g/mol. The molecule has 4 nitrogen and oxygen atoms in total. The van der Waals surface area contributed by atoms with Crippen LogP contribution in [0.3, 0.4) is 0 Å². The van der Waals surface area contributed by atoms with Crippen LogP contribution in [0.25, 0.3) is 22.9 Å². The molecule has 0 radical (unpaired) electrons. The number of hydrogen-bond donors (Lipinski definition) is 0. The van der Waals surface area contributed by atoms with Crippen molar-refractivity contribution < 1.29 is 9.53 Å². The summed E-state index contributed by atoms with van der Waals surface area (Å²) in [5, 5.41) is 0. The Morgan fingerprint density at radius 2 is 1.48 bits per heavy atom. The van der Waals surface area contributed by atoms with Crippen LogP contribution in [0.2, 0.25) is 0 Å². The smallest absolute Gasteiger partial charge is 0.343 e. The van der Waals surface area contributed by atoms with Gasteiger partial charge in [-0.3, -0.25) is 0 Å². The molecule has 0 saturated carbocycles. The fourth-order valence-electron chi connectivity index (χ4n) is 3.36. The molecule has 156 valence electrons. The van der Waals surface area contributed by atoms with Gasteiger partial charge in [0.15, 0.2) is 0 Å². The van der Waals surface area contributed by atoms with Gasteiger partial charge in [0, 0.05) is 26.6 Å². The number of halogens is 2. The highest BCUT2D eigenvalue weighted by Gasteiger charge is 2.16. The molecule has 6 heteroatoms. The van der Waals surface area contributed by atoms with Gasteiger partial charge in [-0.25, -0.2) is 9.78 Å². The van der Waals surface area contributed by atoms with Crippen LogP contribution in [-0.2, 0) is 4.74 Å². The molecule has 1 heterocycles. The molecule has 3 aromatic carbocycles. The number of para-hydroxylation sites is 2. The number of imidazole rings is 1. The van der Waals surface area contributed by atoms with E-state index in [1.165, 1.54) is 0 Å². The Morgan fingerprint density at radius 3 is 2.10 bits per heavy atom. The average Bonchev–Trinajstić information content (AvgIpc) is 3.12. The molecule has 0 aliphatic rings. The van der Waals surface area contributed by atoms with E-state index < -0.39 is 5.97 Å². The van der Waals surface area contributed by atoms with Gasteiger partial charge in [-0.15, -0.1) is 0 Å². The third-order valence-electron chi connectivity index (χ3n) is 4.81. The first-order valence-electron chi connectivity index (χ1n) is 9.85. The molecule has 0 spiro atoms. The molecule has 0 unspecified atom stereocenters. The summed E-state index contributed by atoms with van der Waals surface area (Å²) in [5.41, 5.74) is 3.20. The summed E-state index contributed by atoms with van der Waals surface area (Å²) in [6, 6.07) is 22.9. The topological polar surface area (TPSA) is 44.1 Å². The maximum absolute atomic E-state index is 12.9. The van der Waals surface area contributed by atoms with E-state index in [1.54, 1.807) is 12.1 Å². The molecule has 1 aromatic heterocycles. The van der Waals surface area contributed by atoms with Gasteiger partial charge >= 0.3 is 5.97 Å². The van der Waals surface area contributed by atoms with Gasteiger partial charge in [-0.2, -0.15) is 0 Å². The summed E-state index contributed by atoms with van der Waals surface area (Å²) >= 11 is 6.85. The second-order valence-corrected chi connectivity index (χ2v) is 9.17. The Labute approximate surface area is 197 Å². The highest BCUT2D eigenvalue weighted by atomic mass is 79.9. The predicted molar refractivity (Wildman–Crippen MR) is 132 cm³/mol. The van der Waals surface area contributed by atoms with Crippen molar-refractivity contribution >= 4 is 60.7 Å². The van der Waals surface area contributed by atoms with Gasteiger partial charge in [0.1, 0.15) is 11.6 Å². The fourth-order valence-corrected chi connectivity index (χ4v) is 3.88. The first-order chi connectivity index (χ1) is 14.9. The lowest BCUT2D eigenvalue weighted by atomic mass is 10.1. The van der Waals surface area contributed by atoms with Gasteiger partial charge in [0.2, 0.25) is 0 Å². The van der Waals surface area contributed by atoms with Crippen LogP contribution in [0.15, 0.2) is 81.7 Å². The quantitative estimate of drug-likeness (QED) is 0.195. The first-order valence-corrected chi connectivity index (χ1v) is 11.4. The number of nitrogens with zero attached hydrogens (tertiary/aromatic N) is 2. The Kier molecular flexibility index (Phi) is 6.39. The van der Waals surface area contributed by atoms with E-state index >= 15 is 0 Å². The van der Waals surface area contributed by atoms with Gasteiger partial charge < -0.3 is 9.30 Å². The molecule has 0 atom stereocenters. The number of fused-ring (bicyclic) bond motifs is 1. The molecular weight excluding hydrogens is 520 g/mol. The largest absolute Gasteiger partial charge is 0.422 e. The maximum Gasteiger partial charge on any atom is 0.343 e. The summed E-state index contributed by atoms with van der Waals surface area (Å²) in [6.45, 7) is 4.22. The Balaban J connectivity index is 1.81. The molecule has 0 N–H and O–H groups in total. The second kappa shape index (κ2) is 9.20. The van der Waals surface area contributed by atoms with Crippen molar-refractivity contribution in [1.82, 2.24) is 9.55 Å². The van der Waals surface area contributed by atoms with Crippen molar-refractivity contribution in [2.24, 2.45) is 0 Å². The van der Waals surface area contributed by atoms with E-state index in [2.05, 4.69) is 50.3 Å². The van der Waals surface area contributed by atoms with Crippen molar-refractivity contribution in [2.75, 3.05) is 0 Å². The minimum atomic E-state index is -0.422. The van der Waals surface area contributed by atoms with Crippen molar-refractivity contribution in [3.05, 3.63) is 98.7 Å². The number of carbonyl (C=O) groups excluding carboxylic acids is 1. The molecule has 0 aliphatic heterocycles. The van der Waals surface area contributed by atoms with Crippen LogP contribution in [0.4, 0.5) is 0 Å². The van der Waals surface area contributed by atoms with E-state index in [4.69, 9.17) is 9.72 Å². The normalized spacial score (nSPS) is 11.8. The summed E-state index contributed by atoms with van der Waals surface area (Å²) in [4.78, 5) is 17.7. The van der Waals surface area contributed by atoms with Crippen molar-refractivity contribution in [2.45, 2.75) is 19.9 Å². The maximum atomic E-state index is 12.9. The van der Waals surface area contributed by atoms with E-state index in [9.17, 15) is 4.79 Å². The number of esters is 1. The molecule has 31 heavy (non-hydrogen) atoms. The van der Waals surface area contributed by atoms with Gasteiger partial charge in [0.05, 0.1) is 16.6 Å². The summed E-state index contributed by atoms with van der Waals surface area (Å²) in [5.74, 6) is 0.754. The molecule has 0 amide bonds. The van der Waals surface area contributed by atoms with Crippen LogP contribution in [0.1, 0.15) is 41.6 Å². The van der Waals surface area contributed by atoms with Crippen molar-refractivity contribution in [1.29, 1.82) is 0 Å². The lowest BCUT2D eigenvalue weighted by Crippen LogP contribution is -2.07. The highest BCUT2D eigenvalue weighted by molar-refractivity contribution is 9.10. The van der Waals surface area contributed by atoms with Crippen molar-refractivity contribution in [3.8, 4) is 0 Å². The number of benzene rings is 3. The third kappa shape index (κ3) is 4.81. The lowest BCUT2D eigenvalue weighted by Gasteiger charge is -2.13. The zero-order valence-corrected chi connectivity index (χ0v) is 20.2. The van der Waals surface area contributed by atoms with Gasteiger partial charge in [0.25, 0.3) is 0 Å². The molecule has 4 aromatic rings. The summed E-state index contributed by atoms with van der Waals surface area (Å²) in [6.07, 6.45) is 1.83. The molecule has 0 aliphatic carbocycles. The molecule has 0 saturated heterocycles. The minimum absolute atomic E-state index is 0.187. The SMILES string of the molecule is CC(C)n1c(/C=C(\OC(=O)c2ccc(Br)cc2)c2ccc(Br)cc2)nc2ccccc21. The number of aromatic nitrogens is 2. The molecule has 0 bridgehead atoms. The Hall–Kier alpha value is -2.70. The number of carbonyl (C=O) groups is 1. The van der Waals surface area contributed by atoms with E-state index in [0.717, 1.165) is 31.4 Å². The molecular formula is C25H20Br2N2O2. The van der Waals surface area contributed by atoms with Crippen LogP contribution in [0.5, 0.6) is 0 Å². The van der Waals surface area contributed by atoms with Crippen molar-refractivity contribution in [3.63, 3.8) is 0 Å². The third-order valence-corrected chi connectivity index (χ3v) is 5.87. The van der Waals surface area contributed by atoms with Crippen LogP contribution >= 0.6 is 31.9 Å². The Bertz CT molecular complexity index is 1260. The minimum Gasteiger partial charge on any atom is -0.422 e. The average molecular weight is 540 g/mol. The number of ether oxygens (including phenoxy) is 1. The Morgan fingerprint density at radius 1 is 0.903 bits per heavy atom. The van der Waals surface area contributed by atoms with Crippen LogP contribution < -0.4 is 0 Å². The second-order valence-electron chi connectivity index (χ2n) is 7.33. The van der Waals surface area contributed by atoms with E-state index in [-0.39, 0.29) is 6.04 Å². The summed E-state index contributed by atoms with van der Waals surface area (Å²) < 4.78 is 9.87. The number of rotatable bonds is 5. The molecule has 4 rings (SSSR count). The van der Waals surface area contributed by atoms with Gasteiger partial charge in [-0.1, -0.05) is 56.1 Å².